The summed E-state index contributed by atoms with van der Waals surface area (Å²) in [7, 11) is 2.01. The summed E-state index contributed by atoms with van der Waals surface area (Å²) in [6.45, 7) is 2.28. The number of halogens is 1. The number of hydrogen-bond acceptors (Lipinski definition) is 5. The Morgan fingerprint density at radius 3 is 2.96 bits per heavy atom. The Bertz CT molecular complexity index is 626. The van der Waals surface area contributed by atoms with Crippen LogP contribution in [0.3, 0.4) is 0 Å². The predicted molar refractivity (Wildman–Crippen MR) is 83.4 cm³/mol. The van der Waals surface area contributed by atoms with Crippen molar-refractivity contribution >= 4 is 0 Å². The van der Waals surface area contributed by atoms with Crippen LogP contribution in [0.4, 0.5) is 4.39 Å². The number of likely N-dealkylation sites (N-methyl/N-ethyl adjacent to an activating group) is 1. The van der Waals surface area contributed by atoms with Crippen LogP contribution in [-0.2, 0) is 17.7 Å². The van der Waals surface area contributed by atoms with E-state index in [-0.39, 0.29) is 11.9 Å². The molecular formula is C17H22FN3O2. The second-order valence-electron chi connectivity index (χ2n) is 6.06. The van der Waals surface area contributed by atoms with Gasteiger partial charge in [-0.2, -0.15) is 4.98 Å². The zero-order chi connectivity index (χ0) is 16.1. The Balaban J connectivity index is 1.53. The van der Waals surface area contributed by atoms with Crippen LogP contribution in [0.15, 0.2) is 28.8 Å². The van der Waals surface area contributed by atoms with Crippen LogP contribution < -0.4 is 0 Å². The van der Waals surface area contributed by atoms with E-state index in [1.165, 1.54) is 12.5 Å². The highest BCUT2D eigenvalue weighted by Gasteiger charge is 2.17. The van der Waals surface area contributed by atoms with Crippen molar-refractivity contribution in [2.45, 2.75) is 38.3 Å². The summed E-state index contributed by atoms with van der Waals surface area (Å²) in [5.41, 5.74) is 0.573. The van der Waals surface area contributed by atoms with Gasteiger partial charge >= 0.3 is 0 Å². The number of ether oxygens (including phenoxy) is 1. The first-order valence-corrected chi connectivity index (χ1v) is 8.06. The lowest BCUT2D eigenvalue weighted by atomic mass is 10.1. The monoisotopic (exact) mass is 319 g/mol. The van der Waals surface area contributed by atoms with Gasteiger partial charge in [0, 0.05) is 19.6 Å². The number of benzene rings is 1. The molecule has 0 bridgehead atoms. The van der Waals surface area contributed by atoms with Crippen molar-refractivity contribution in [1.29, 1.82) is 0 Å². The highest BCUT2D eigenvalue weighted by molar-refractivity contribution is 5.20. The Hall–Kier alpha value is -1.79. The van der Waals surface area contributed by atoms with E-state index in [0.29, 0.717) is 30.2 Å². The zero-order valence-corrected chi connectivity index (χ0v) is 13.4. The zero-order valence-electron chi connectivity index (χ0n) is 13.4. The molecule has 124 valence electrons. The number of nitrogens with zero attached hydrogens (tertiary/aromatic N) is 3. The quantitative estimate of drug-likeness (QED) is 0.819. The van der Waals surface area contributed by atoms with Gasteiger partial charge in [-0.15, -0.1) is 0 Å². The van der Waals surface area contributed by atoms with Gasteiger partial charge in [-0.25, -0.2) is 4.39 Å². The maximum Gasteiger partial charge on any atom is 0.240 e. The molecule has 1 fully saturated rings. The van der Waals surface area contributed by atoms with Gasteiger partial charge in [0.25, 0.3) is 0 Å². The smallest absolute Gasteiger partial charge is 0.240 e. The molecule has 1 aliphatic rings. The van der Waals surface area contributed by atoms with E-state index in [2.05, 4.69) is 15.0 Å². The van der Waals surface area contributed by atoms with E-state index in [1.54, 1.807) is 18.2 Å². The van der Waals surface area contributed by atoms with E-state index in [4.69, 9.17) is 9.26 Å². The third-order valence-corrected chi connectivity index (χ3v) is 4.01. The molecule has 23 heavy (non-hydrogen) atoms. The van der Waals surface area contributed by atoms with Crippen LogP contribution in [0.2, 0.25) is 0 Å². The highest BCUT2D eigenvalue weighted by Crippen LogP contribution is 2.15. The molecule has 5 nitrogen and oxygen atoms in total. The fourth-order valence-corrected chi connectivity index (χ4v) is 2.83. The molecule has 2 aromatic rings. The van der Waals surface area contributed by atoms with Gasteiger partial charge in [0.2, 0.25) is 5.89 Å². The molecular weight excluding hydrogens is 297 g/mol. The van der Waals surface area contributed by atoms with Crippen molar-refractivity contribution in [2.24, 2.45) is 0 Å². The van der Waals surface area contributed by atoms with Crippen molar-refractivity contribution in [2.75, 3.05) is 20.2 Å². The highest BCUT2D eigenvalue weighted by atomic mass is 19.1. The van der Waals surface area contributed by atoms with E-state index in [1.807, 2.05) is 7.05 Å². The minimum Gasteiger partial charge on any atom is -0.377 e. The molecule has 6 heteroatoms. The van der Waals surface area contributed by atoms with Crippen LogP contribution in [0.25, 0.3) is 0 Å². The van der Waals surface area contributed by atoms with Gasteiger partial charge in [-0.1, -0.05) is 23.4 Å². The average molecular weight is 319 g/mol. The van der Waals surface area contributed by atoms with E-state index < -0.39 is 0 Å². The maximum atomic E-state index is 13.6. The first kappa shape index (κ1) is 16.1. The molecule has 0 spiro atoms. The average Bonchev–Trinajstić information content (AvgIpc) is 2.97. The third-order valence-electron chi connectivity index (χ3n) is 4.01. The van der Waals surface area contributed by atoms with Gasteiger partial charge in [-0.05, 0) is 37.9 Å². The molecule has 0 unspecified atom stereocenters. The Labute approximate surface area is 135 Å². The van der Waals surface area contributed by atoms with Crippen LogP contribution in [-0.4, -0.2) is 41.3 Å². The minimum atomic E-state index is -0.245. The summed E-state index contributed by atoms with van der Waals surface area (Å²) in [5.74, 6) is 0.812. The van der Waals surface area contributed by atoms with Crippen LogP contribution in [0, 0.1) is 5.82 Å². The van der Waals surface area contributed by atoms with Gasteiger partial charge < -0.3 is 9.26 Å². The molecule has 0 radical (unpaired) electrons. The van der Waals surface area contributed by atoms with Crippen LogP contribution >= 0.6 is 0 Å². The summed E-state index contributed by atoms with van der Waals surface area (Å²) in [6, 6.07) is 6.65. The number of hydrogen-bond donors (Lipinski definition) is 0. The largest absolute Gasteiger partial charge is 0.377 e. The summed E-state index contributed by atoms with van der Waals surface area (Å²) >= 11 is 0. The van der Waals surface area contributed by atoms with Crippen molar-refractivity contribution < 1.29 is 13.7 Å². The number of aromatic nitrogens is 2. The Kier molecular flexibility index (Phi) is 5.35. The molecule has 0 amide bonds. The summed E-state index contributed by atoms with van der Waals surface area (Å²) in [4.78, 5) is 6.47. The maximum absolute atomic E-state index is 13.6. The number of rotatable bonds is 6. The van der Waals surface area contributed by atoms with Gasteiger partial charge in [0.1, 0.15) is 5.82 Å². The lowest BCUT2D eigenvalue weighted by molar-refractivity contribution is -0.00382. The van der Waals surface area contributed by atoms with Crippen molar-refractivity contribution in [3.63, 3.8) is 0 Å². The summed E-state index contributed by atoms with van der Waals surface area (Å²) in [6.07, 6.45) is 4.11. The lowest BCUT2D eigenvalue weighted by Crippen LogP contribution is -2.33. The van der Waals surface area contributed by atoms with E-state index >= 15 is 0 Å². The van der Waals surface area contributed by atoms with Gasteiger partial charge in [0.15, 0.2) is 5.82 Å². The SMILES string of the molecule is CN(Cc1nc(Cc2ccccc2F)no1)C[C@@H]1CCCCO1. The second kappa shape index (κ2) is 7.66. The predicted octanol–water partition coefficient (Wildman–Crippen LogP) is 2.80. The van der Waals surface area contributed by atoms with Crippen molar-refractivity contribution in [3.8, 4) is 0 Å². The molecule has 1 aromatic heterocycles. The molecule has 0 saturated carbocycles. The fourth-order valence-electron chi connectivity index (χ4n) is 2.83. The summed E-state index contributed by atoms with van der Waals surface area (Å²) in [5, 5.41) is 3.94. The summed E-state index contributed by atoms with van der Waals surface area (Å²) < 4.78 is 24.6. The standard InChI is InChI=1S/C17H22FN3O2/c1-21(11-14-7-4-5-9-22-14)12-17-19-16(20-23-17)10-13-6-2-3-8-15(13)18/h2-3,6,8,14H,4-5,7,9-12H2,1H3/t14-/m0/s1. The second-order valence-corrected chi connectivity index (χ2v) is 6.06. The molecule has 1 atom stereocenters. The fraction of sp³-hybridized carbons (Fsp3) is 0.529. The Morgan fingerprint density at radius 2 is 2.17 bits per heavy atom. The minimum absolute atomic E-state index is 0.245. The molecule has 1 aromatic carbocycles. The lowest BCUT2D eigenvalue weighted by Gasteiger charge is -2.26. The van der Waals surface area contributed by atoms with Crippen molar-refractivity contribution in [3.05, 3.63) is 47.4 Å². The molecule has 1 saturated heterocycles. The third kappa shape index (κ3) is 4.59. The molecule has 3 rings (SSSR count). The Morgan fingerprint density at radius 1 is 1.30 bits per heavy atom. The van der Waals surface area contributed by atoms with E-state index in [9.17, 15) is 4.39 Å². The topological polar surface area (TPSA) is 51.4 Å². The molecule has 1 aliphatic heterocycles. The molecule has 2 heterocycles. The van der Waals surface area contributed by atoms with Gasteiger partial charge in [0.05, 0.1) is 12.6 Å². The first-order valence-electron chi connectivity index (χ1n) is 8.06. The van der Waals surface area contributed by atoms with Crippen LogP contribution in [0.5, 0.6) is 0 Å². The first-order chi connectivity index (χ1) is 11.2. The van der Waals surface area contributed by atoms with Crippen molar-refractivity contribution in [1.82, 2.24) is 15.0 Å². The normalized spacial score (nSPS) is 18.5. The van der Waals surface area contributed by atoms with E-state index in [0.717, 1.165) is 26.0 Å². The molecule has 0 aliphatic carbocycles. The van der Waals surface area contributed by atoms with Gasteiger partial charge in [-0.3, -0.25) is 4.90 Å². The van der Waals surface area contributed by atoms with Crippen LogP contribution in [0.1, 0.15) is 36.5 Å². The molecule has 0 N–H and O–H groups in total.